The summed E-state index contributed by atoms with van der Waals surface area (Å²) < 4.78 is 0. The van der Waals surface area contributed by atoms with Gasteiger partial charge in [-0.25, -0.2) is 4.79 Å². The Labute approximate surface area is 177 Å². The molecule has 2 aromatic carbocycles. The minimum atomic E-state index is -1.19. The van der Waals surface area contributed by atoms with Crippen molar-refractivity contribution in [3.63, 3.8) is 0 Å². The minimum Gasteiger partial charge on any atom is -0.507 e. The van der Waals surface area contributed by atoms with E-state index < -0.39 is 5.97 Å². The van der Waals surface area contributed by atoms with Crippen LogP contribution in [0.2, 0.25) is 0 Å². The highest BCUT2D eigenvalue weighted by Gasteiger charge is 2.21. The molecule has 3 N–H and O–H groups in total. The van der Waals surface area contributed by atoms with Gasteiger partial charge in [-0.15, -0.1) is 0 Å². The van der Waals surface area contributed by atoms with Gasteiger partial charge in [0.15, 0.2) is 0 Å². The van der Waals surface area contributed by atoms with E-state index in [1.54, 1.807) is 6.07 Å². The van der Waals surface area contributed by atoms with Gasteiger partial charge < -0.3 is 20.4 Å². The molecule has 1 heterocycles. The maximum absolute atomic E-state index is 12.8. The van der Waals surface area contributed by atoms with E-state index in [9.17, 15) is 14.7 Å². The maximum Gasteiger partial charge on any atom is 0.339 e. The van der Waals surface area contributed by atoms with E-state index >= 15 is 0 Å². The number of carbonyl (C=O) groups is 2. The summed E-state index contributed by atoms with van der Waals surface area (Å²) in [5, 5.41) is 22.1. The molecule has 6 heteroatoms. The van der Waals surface area contributed by atoms with E-state index in [2.05, 4.69) is 29.3 Å². The zero-order valence-corrected chi connectivity index (χ0v) is 17.4. The number of nitrogens with one attached hydrogen (secondary N) is 1. The Bertz CT molecular complexity index is 891. The molecule has 0 saturated carbocycles. The number of carboxylic acids is 1. The van der Waals surface area contributed by atoms with Gasteiger partial charge in [-0.2, -0.15) is 0 Å². The van der Waals surface area contributed by atoms with E-state index in [0.29, 0.717) is 5.56 Å². The second kappa shape index (κ2) is 10.1. The van der Waals surface area contributed by atoms with E-state index in [1.165, 1.54) is 37.1 Å². The smallest absolute Gasteiger partial charge is 0.339 e. The summed E-state index contributed by atoms with van der Waals surface area (Å²) >= 11 is 0. The lowest BCUT2D eigenvalue weighted by atomic mass is 9.98. The highest BCUT2D eigenvalue weighted by molar-refractivity contribution is 5.91. The highest BCUT2D eigenvalue weighted by atomic mass is 16.4. The second-order valence-corrected chi connectivity index (χ2v) is 7.85. The molecule has 160 valence electrons. The Hall–Kier alpha value is -3.02. The van der Waals surface area contributed by atoms with Gasteiger partial charge in [0, 0.05) is 18.8 Å². The number of rotatable bonds is 8. The first kappa shape index (κ1) is 21.7. The molecule has 0 spiro atoms. The fraction of sp³-hybridized carbons (Fsp3) is 0.417. The number of amides is 1. The number of nitrogens with zero attached hydrogens (tertiary/aromatic N) is 1. The van der Waals surface area contributed by atoms with Crippen molar-refractivity contribution < 1.29 is 19.8 Å². The maximum atomic E-state index is 12.8. The van der Waals surface area contributed by atoms with Gasteiger partial charge in [-0.1, -0.05) is 37.6 Å². The van der Waals surface area contributed by atoms with Crippen LogP contribution in [0.1, 0.15) is 66.6 Å². The van der Waals surface area contributed by atoms with Crippen LogP contribution in [0, 0.1) is 0 Å². The number of phenols is 1. The Morgan fingerprint density at radius 1 is 1.10 bits per heavy atom. The Morgan fingerprint density at radius 3 is 2.50 bits per heavy atom. The predicted octanol–water partition coefficient (Wildman–Crippen LogP) is 4.28. The molecular formula is C24H30N2O4. The van der Waals surface area contributed by atoms with E-state index in [0.717, 1.165) is 31.5 Å². The fourth-order valence-electron chi connectivity index (χ4n) is 4.10. The Kier molecular flexibility index (Phi) is 7.33. The summed E-state index contributed by atoms with van der Waals surface area (Å²) in [5.41, 5.74) is 2.74. The third-order valence-electron chi connectivity index (χ3n) is 5.58. The van der Waals surface area contributed by atoms with Gasteiger partial charge >= 0.3 is 5.97 Å². The fourth-order valence-corrected chi connectivity index (χ4v) is 4.10. The number of aromatic carboxylic acids is 1. The van der Waals surface area contributed by atoms with Gasteiger partial charge in [0.05, 0.1) is 12.5 Å². The lowest BCUT2D eigenvalue weighted by Crippen LogP contribution is -2.34. The van der Waals surface area contributed by atoms with Crippen molar-refractivity contribution in [3.8, 4) is 5.75 Å². The van der Waals surface area contributed by atoms with Crippen LogP contribution in [0.15, 0.2) is 42.5 Å². The molecule has 6 nitrogen and oxygen atoms in total. The number of carbonyl (C=O) groups excluding carboxylic acids is 1. The summed E-state index contributed by atoms with van der Waals surface area (Å²) in [7, 11) is 0. The van der Waals surface area contributed by atoms with Crippen molar-refractivity contribution in [2.75, 3.05) is 18.0 Å². The van der Waals surface area contributed by atoms with Gasteiger partial charge in [-0.05, 0) is 55.0 Å². The summed E-state index contributed by atoms with van der Waals surface area (Å²) in [5.74, 6) is -1.67. The van der Waals surface area contributed by atoms with Crippen molar-refractivity contribution in [1.82, 2.24) is 5.32 Å². The molecule has 0 aromatic heterocycles. The van der Waals surface area contributed by atoms with Crippen LogP contribution in [0.4, 0.5) is 5.69 Å². The number of hydrogen-bond donors (Lipinski definition) is 3. The lowest BCUT2D eigenvalue weighted by Gasteiger charge is -2.32. The Balaban J connectivity index is 1.75. The summed E-state index contributed by atoms with van der Waals surface area (Å²) in [6.45, 7) is 4.18. The van der Waals surface area contributed by atoms with Crippen LogP contribution in [-0.2, 0) is 11.2 Å². The molecule has 1 aliphatic heterocycles. The number of piperidine rings is 1. The molecule has 0 aliphatic carbocycles. The van der Waals surface area contributed by atoms with Gasteiger partial charge in [0.1, 0.15) is 11.3 Å². The largest absolute Gasteiger partial charge is 0.507 e. The monoisotopic (exact) mass is 410 g/mol. The predicted molar refractivity (Wildman–Crippen MR) is 117 cm³/mol. The normalized spacial score (nSPS) is 14.9. The van der Waals surface area contributed by atoms with Crippen LogP contribution in [0.3, 0.4) is 0 Å². The molecule has 1 aliphatic rings. The van der Waals surface area contributed by atoms with Crippen molar-refractivity contribution >= 4 is 17.6 Å². The SMILES string of the molecule is CCC[C@@H](NC(=O)Cc1ccc(C(=O)O)c(O)c1)c1ccccc1N1CCCCC1. The van der Waals surface area contributed by atoms with Gasteiger partial charge in [-0.3, -0.25) is 4.79 Å². The first-order chi connectivity index (χ1) is 14.5. The van der Waals surface area contributed by atoms with Crippen LogP contribution >= 0.6 is 0 Å². The molecule has 30 heavy (non-hydrogen) atoms. The quantitative estimate of drug-likeness (QED) is 0.604. The number of anilines is 1. The van der Waals surface area contributed by atoms with Crippen molar-refractivity contribution in [3.05, 3.63) is 59.2 Å². The minimum absolute atomic E-state index is 0.0829. The highest BCUT2D eigenvalue weighted by Crippen LogP contribution is 2.31. The number of carboxylic acid groups (broad SMARTS) is 1. The zero-order valence-electron chi connectivity index (χ0n) is 17.4. The third kappa shape index (κ3) is 5.32. The molecule has 0 bridgehead atoms. The van der Waals surface area contributed by atoms with E-state index in [-0.39, 0.29) is 29.7 Å². The average Bonchev–Trinajstić information content (AvgIpc) is 2.74. The molecule has 1 fully saturated rings. The molecule has 3 rings (SSSR count). The molecule has 1 amide bonds. The summed E-state index contributed by atoms with van der Waals surface area (Å²) in [6.07, 6.45) is 5.50. The average molecular weight is 411 g/mol. The van der Waals surface area contributed by atoms with Gasteiger partial charge in [0.2, 0.25) is 5.91 Å². The van der Waals surface area contributed by atoms with Crippen LogP contribution < -0.4 is 10.2 Å². The number of benzene rings is 2. The molecule has 0 radical (unpaired) electrons. The van der Waals surface area contributed by atoms with Crippen LogP contribution in [0.5, 0.6) is 5.75 Å². The van der Waals surface area contributed by atoms with Crippen molar-refractivity contribution in [1.29, 1.82) is 0 Å². The molecular weight excluding hydrogens is 380 g/mol. The molecule has 0 unspecified atom stereocenters. The molecule has 2 aromatic rings. The molecule has 1 atom stereocenters. The van der Waals surface area contributed by atoms with Crippen LogP contribution in [-0.4, -0.2) is 35.2 Å². The van der Waals surface area contributed by atoms with Crippen LogP contribution in [0.25, 0.3) is 0 Å². The first-order valence-electron chi connectivity index (χ1n) is 10.7. The van der Waals surface area contributed by atoms with Gasteiger partial charge in [0.25, 0.3) is 0 Å². The van der Waals surface area contributed by atoms with E-state index in [4.69, 9.17) is 5.11 Å². The second-order valence-electron chi connectivity index (χ2n) is 7.85. The summed E-state index contributed by atoms with van der Waals surface area (Å²) in [6, 6.07) is 12.4. The number of aromatic hydroxyl groups is 1. The van der Waals surface area contributed by atoms with Crippen molar-refractivity contribution in [2.24, 2.45) is 0 Å². The topological polar surface area (TPSA) is 89.9 Å². The third-order valence-corrected chi connectivity index (χ3v) is 5.58. The number of para-hydroxylation sites is 1. The first-order valence-corrected chi connectivity index (χ1v) is 10.7. The summed E-state index contributed by atoms with van der Waals surface area (Å²) in [4.78, 5) is 26.2. The Morgan fingerprint density at radius 2 is 1.83 bits per heavy atom. The van der Waals surface area contributed by atoms with Crippen molar-refractivity contribution in [2.45, 2.75) is 51.5 Å². The standard InChI is InChI=1S/C24H30N2O4/c1-2-8-20(18-9-4-5-10-21(18)26-13-6-3-7-14-26)25-23(28)16-17-11-12-19(24(29)30)22(27)15-17/h4-5,9-12,15,20,27H,2-3,6-8,13-14,16H2,1H3,(H,25,28)(H,29,30)/t20-/m1/s1. The number of hydrogen-bond acceptors (Lipinski definition) is 4. The lowest BCUT2D eigenvalue weighted by molar-refractivity contribution is -0.121. The van der Waals surface area contributed by atoms with E-state index in [1.807, 2.05) is 12.1 Å². The molecule has 1 saturated heterocycles. The zero-order chi connectivity index (χ0) is 21.5.